The summed E-state index contributed by atoms with van der Waals surface area (Å²) in [6.07, 6.45) is -0.747. The molecule has 0 aromatic heterocycles. The van der Waals surface area contributed by atoms with Crippen molar-refractivity contribution in [3.63, 3.8) is 0 Å². The van der Waals surface area contributed by atoms with Gasteiger partial charge in [-0.15, -0.1) is 0 Å². The summed E-state index contributed by atoms with van der Waals surface area (Å²) in [5.41, 5.74) is 1.58. The number of cyclic esters (lactones) is 1. The number of benzene rings is 2. The van der Waals surface area contributed by atoms with E-state index < -0.39 is 23.9 Å². The molecule has 0 saturated heterocycles. The number of amides is 1. The van der Waals surface area contributed by atoms with Crippen molar-refractivity contribution in [3.05, 3.63) is 64.2 Å². The molecule has 24 heavy (non-hydrogen) atoms. The number of carboxylic acids is 1. The average molecular weight is 346 g/mol. The summed E-state index contributed by atoms with van der Waals surface area (Å²) < 4.78 is 5.16. The maximum Gasteiger partial charge on any atom is 0.339 e. The second-order valence-electron chi connectivity index (χ2n) is 5.27. The Morgan fingerprint density at radius 3 is 2.54 bits per heavy atom. The number of carboxylic acid groups (broad SMARTS) is 1. The molecular weight excluding hydrogens is 334 g/mol. The number of hydrogen-bond donors (Lipinski definition) is 2. The zero-order valence-corrected chi connectivity index (χ0v) is 13.0. The summed E-state index contributed by atoms with van der Waals surface area (Å²) in [5, 5.41) is 11.9. The second-order valence-corrected chi connectivity index (χ2v) is 5.71. The molecule has 2 aromatic carbocycles. The van der Waals surface area contributed by atoms with Crippen LogP contribution in [0.15, 0.2) is 42.5 Å². The molecule has 0 spiro atoms. The Morgan fingerprint density at radius 2 is 1.88 bits per heavy atom. The Kier molecular flexibility index (Phi) is 4.22. The molecule has 3 rings (SSSR count). The Hall–Kier alpha value is -2.86. The lowest BCUT2D eigenvalue weighted by molar-refractivity contribution is -0.125. The predicted molar refractivity (Wildman–Crippen MR) is 86.4 cm³/mol. The highest BCUT2D eigenvalue weighted by atomic mass is 35.5. The van der Waals surface area contributed by atoms with Crippen LogP contribution in [0.3, 0.4) is 0 Å². The van der Waals surface area contributed by atoms with Gasteiger partial charge in [0.2, 0.25) is 0 Å². The first kappa shape index (κ1) is 16.0. The van der Waals surface area contributed by atoms with Gasteiger partial charge in [0.25, 0.3) is 5.91 Å². The number of carbonyl (C=O) groups is 3. The summed E-state index contributed by atoms with van der Waals surface area (Å²) in [4.78, 5) is 35.1. The first-order chi connectivity index (χ1) is 11.4. The van der Waals surface area contributed by atoms with Crippen LogP contribution in [0.1, 0.15) is 26.3 Å². The number of fused-ring (bicyclic) bond motifs is 1. The number of hydrogen-bond acceptors (Lipinski definition) is 4. The molecule has 0 radical (unpaired) electrons. The number of ether oxygens (including phenoxy) is 1. The van der Waals surface area contributed by atoms with E-state index in [9.17, 15) is 14.4 Å². The summed E-state index contributed by atoms with van der Waals surface area (Å²) in [5.74, 6) is -2.12. The lowest BCUT2D eigenvalue weighted by Crippen LogP contribution is -2.38. The first-order valence-corrected chi connectivity index (χ1v) is 7.45. The van der Waals surface area contributed by atoms with Crippen molar-refractivity contribution < 1.29 is 24.2 Å². The van der Waals surface area contributed by atoms with Gasteiger partial charge in [-0.1, -0.05) is 11.6 Å². The van der Waals surface area contributed by atoms with Crippen LogP contribution in [0.4, 0.5) is 5.69 Å². The summed E-state index contributed by atoms with van der Waals surface area (Å²) in [6.45, 7) is 0. The Morgan fingerprint density at radius 1 is 1.17 bits per heavy atom. The lowest BCUT2D eigenvalue weighted by atomic mass is 9.98. The van der Waals surface area contributed by atoms with Crippen LogP contribution in [0.2, 0.25) is 5.02 Å². The van der Waals surface area contributed by atoms with Gasteiger partial charge in [-0.05, 0) is 48.0 Å². The van der Waals surface area contributed by atoms with Crippen LogP contribution in [-0.4, -0.2) is 29.1 Å². The van der Waals surface area contributed by atoms with E-state index in [1.165, 1.54) is 24.3 Å². The van der Waals surface area contributed by atoms with Crippen LogP contribution in [0, 0.1) is 0 Å². The topological polar surface area (TPSA) is 92.7 Å². The van der Waals surface area contributed by atoms with Crippen molar-refractivity contribution in [1.82, 2.24) is 0 Å². The van der Waals surface area contributed by atoms with Crippen molar-refractivity contribution in [2.75, 3.05) is 5.32 Å². The maximum atomic E-state index is 12.3. The number of rotatable bonds is 3. The molecule has 1 heterocycles. The number of esters is 1. The molecule has 0 aliphatic carbocycles. The highest BCUT2D eigenvalue weighted by Crippen LogP contribution is 2.24. The van der Waals surface area contributed by atoms with E-state index in [-0.39, 0.29) is 12.0 Å². The molecule has 2 aromatic rings. The van der Waals surface area contributed by atoms with Gasteiger partial charge in [0.1, 0.15) is 0 Å². The third-order valence-electron chi connectivity index (χ3n) is 3.63. The van der Waals surface area contributed by atoms with Gasteiger partial charge in [0.05, 0.1) is 11.1 Å². The largest absolute Gasteiger partial charge is 0.478 e. The third-order valence-corrected chi connectivity index (χ3v) is 3.87. The van der Waals surface area contributed by atoms with E-state index in [0.29, 0.717) is 21.8 Å². The number of nitrogens with one attached hydrogen (secondary N) is 1. The van der Waals surface area contributed by atoms with Crippen molar-refractivity contribution in [2.45, 2.75) is 12.5 Å². The van der Waals surface area contributed by atoms with Gasteiger partial charge in [0.15, 0.2) is 6.10 Å². The quantitative estimate of drug-likeness (QED) is 0.834. The fourth-order valence-electron chi connectivity index (χ4n) is 2.43. The van der Waals surface area contributed by atoms with E-state index in [1.54, 1.807) is 18.2 Å². The van der Waals surface area contributed by atoms with Crippen molar-refractivity contribution in [3.8, 4) is 0 Å². The zero-order chi connectivity index (χ0) is 17.3. The number of anilines is 1. The fraction of sp³-hybridized carbons (Fsp3) is 0.118. The molecule has 1 amide bonds. The standard InChI is InChI=1S/C17H12ClNO5/c18-11-3-6-13-10(7-11)8-14(24-17(13)23)15(20)19-12-4-1-9(2-5-12)16(21)22/h1-7,14H,8H2,(H,19,20)(H,21,22)/t14-/m1/s1. The molecule has 0 bridgehead atoms. The molecule has 1 aliphatic heterocycles. The van der Waals surface area contributed by atoms with Gasteiger partial charge in [-0.3, -0.25) is 4.79 Å². The maximum absolute atomic E-state index is 12.3. The van der Waals surface area contributed by atoms with Crippen LogP contribution in [-0.2, 0) is 16.0 Å². The average Bonchev–Trinajstić information content (AvgIpc) is 2.54. The van der Waals surface area contributed by atoms with Crippen molar-refractivity contribution >= 4 is 35.1 Å². The molecular formula is C17H12ClNO5. The monoisotopic (exact) mass is 345 g/mol. The van der Waals surface area contributed by atoms with Crippen molar-refractivity contribution in [2.24, 2.45) is 0 Å². The highest BCUT2D eigenvalue weighted by molar-refractivity contribution is 6.30. The predicted octanol–water partition coefficient (Wildman–Crippen LogP) is 2.76. The molecule has 0 unspecified atom stereocenters. The van der Waals surface area contributed by atoms with Gasteiger partial charge < -0.3 is 15.2 Å². The fourth-order valence-corrected chi connectivity index (χ4v) is 2.62. The molecule has 122 valence electrons. The Labute approximate surface area is 142 Å². The van der Waals surface area contributed by atoms with E-state index in [2.05, 4.69) is 5.32 Å². The molecule has 1 atom stereocenters. The molecule has 6 nitrogen and oxygen atoms in total. The highest BCUT2D eigenvalue weighted by Gasteiger charge is 2.31. The molecule has 2 N–H and O–H groups in total. The number of carbonyl (C=O) groups excluding carboxylic acids is 2. The third kappa shape index (κ3) is 3.23. The Bertz CT molecular complexity index is 831. The minimum absolute atomic E-state index is 0.112. The molecule has 0 saturated carbocycles. The van der Waals surface area contributed by atoms with Crippen molar-refractivity contribution in [1.29, 1.82) is 0 Å². The molecule has 1 aliphatic rings. The van der Waals surface area contributed by atoms with E-state index in [4.69, 9.17) is 21.4 Å². The van der Waals surface area contributed by atoms with E-state index in [0.717, 1.165) is 0 Å². The summed E-state index contributed by atoms with van der Waals surface area (Å²) in [6, 6.07) is 10.5. The zero-order valence-electron chi connectivity index (χ0n) is 12.3. The first-order valence-electron chi connectivity index (χ1n) is 7.07. The smallest absolute Gasteiger partial charge is 0.339 e. The van der Waals surface area contributed by atoms with Gasteiger partial charge in [0, 0.05) is 17.1 Å². The van der Waals surface area contributed by atoms with Gasteiger partial charge in [-0.25, -0.2) is 9.59 Å². The molecule has 0 fully saturated rings. The van der Waals surface area contributed by atoms with Crippen LogP contribution in [0.25, 0.3) is 0 Å². The van der Waals surface area contributed by atoms with Gasteiger partial charge in [-0.2, -0.15) is 0 Å². The second kappa shape index (κ2) is 6.33. The Balaban J connectivity index is 1.74. The summed E-state index contributed by atoms with van der Waals surface area (Å²) >= 11 is 5.92. The van der Waals surface area contributed by atoms with Gasteiger partial charge >= 0.3 is 11.9 Å². The SMILES string of the molecule is O=C(O)c1ccc(NC(=O)[C@H]2Cc3cc(Cl)ccc3C(=O)O2)cc1. The van der Waals surface area contributed by atoms with Crippen LogP contribution >= 0.6 is 11.6 Å². The van der Waals surface area contributed by atoms with Crippen LogP contribution < -0.4 is 5.32 Å². The van der Waals surface area contributed by atoms with E-state index >= 15 is 0 Å². The number of aromatic carboxylic acids is 1. The van der Waals surface area contributed by atoms with Crippen LogP contribution in [0.5, 0.6) is 0 Å². The van der Waals surface area contributed by atoms with E-state index in [1.807, 2.05) is 0 Å². The number of halogens is 1. The lowest BCUT2D eigenvalue weighted by Gasteiger charge is -2.24. The minimum Gasteiger partial charge on any atom is -0.478 e. The summed E-state index contributed by atoms with van der Waals surface area (Å²) in [7, 11) is 0. The minimum atomic E-state index is -1.05. The normalized spacial score (nSPS) is 16.0. The molecule has 7 heteroatoms.